The number of pyridine rings is 2. The first-order valence-corrected chi connectivity index (χ1v) is 15.1. The van der Waals surface area contributed by atoms with Crippen molar-refractivity contribution in [3.05, 3.63) is 151 Å². The van der Waals surface area contributed by atoms with Crippen molar-refractivity contribution in [1.82, 2.24) is 9.13 Å². The highest BCUT2D eigenvalue weighted by Crippen LogP contribution is 2.51. The lowest BCUT2D eigenvalue weighted by atomic mass is 9.80. The summed E-state index contributed by atoms with van der Waals surface area (Å²) < 4.78 is 2.54. The lowest BCUT2D eigenvalue weighted by Crippen LogP contribution is -2.32. The molecule has 0 atom stereocenters. The van der Waals surface area contributed by atoms with Gasteiger partial charge < -0.3 is 0 Å². The van der Waals surface area contributed by atoms with Gasteiger partial charge in [0.05, 0.1) is 11.4 Å². The molecule has 212 valence electrons. The predicted molar refractivity (Wildman–Crippen MR) is 186 cm³/mol. The molecule has 0 radical (unpaired) electrons. The van der Waals surface area contributed by atoms with E-state index in [-0.39, 0.29) is 22.2 Å². The summed E-state index contributed by atoms with van der Waals surface area (Å²) in [4.78, 5) is 56.7. The summed E-state index contributed by atoms with van der Waals surface area (Å²) >= 11 is 0. The molecule has 0 aliphatic carbocycles. The number of hydrogen-bond acceptors (Lipinski definition) is 4. The number of rotatable bonds is 2. The van der Waals surface area contributed by atoms with Gasteiger partial charge in [-0.1, -0.05) is 60.7 Å². The molecule has 0 saturated carbocycles. The van der Waals surface area contributed by atoms with Gasteiger partial charge in [0.25, 0.3) is 22.2 Å². The van der Waals surface area contributed by atoms with Gasteiger partial charge in [0.2, 0.25) is 0 Å². The standard InChI is InChI=1S/C40H18N2O4/c43-37-25-15-19-11-13-21-17-27-34-28(40(46)42(39(27)45)24-9-5-2-6-10-24)18-22-14-12-20-16-26(38(44)41(37)23-7-3-1-4-8-23)33(25)35-29(19)31(21)36(34)32(22)30(20)35/h1-18H. The molecule has 0 fully saturated rings. The number of aromatic nitrogens is 2. The molecule has 9 aromatic carbocycles. The van der Waals surface area contributed by atoms with E-state index in [1.54, 1.807) is 24.3 Å². The number of nitrogens with zero attached hydrogens (tertiary/aromatic N) is 2. The molecule has 0 aliphatic heterocycles. The molecule has 0 unspecified atom stereocenters. The molecule has 0 bridgehead atoms. The second kappa shape index (κ2) is 7.81. The Labute approximate surface area is 256 Å². The Morgan fingerprint density at radius 2 is 0.587 bits per heavy atom. The zero-order valence-corrected chi connectivity index (χ0v) is 23.9. The average Bonchev–Trinajstić information content (AvgIpc) is 3.09. The van der Waals surface area contributed by atoms with Gasteiger partial charge in [-0.3, -0.25) is 19.2 Å². The molecular weight excluding hydrogens is 572 g/mol. The summed E-state index contributed by atoms with van der Waals surface area (Å²) in [5, 5.41) is 12.2. The van der Waals surface area contributed by atoms with Gasteiger partial charge in [-0.05, 0) is 91.6 Å². The summed E-state index contributed by atoms with van der Waals surface area (Å²) in [6.45, 7) is 0. The molecule has 0 aliphatic rings. The van der Waals surface area contributed by atoms with Gasteiger partial charge in [-0.25, -0.2) is 9.13 Å². The van der Waals surface area contributed by atoms with Crippen molar-refractivity contribution in [2.45, 2.75) is 0 Å². The van der Waals surface area contributed by atoms with Gasteiger partial charge >= 0.3 is 0 Å². The van der Waals surface area contributed by atoms with Crippen LogP contribution in [0.15, 0.2) is 128 Å². The molecule has 2 heterocycles. The number of hydrogen-bond donors (Lipinski definition) is 0. The Kier molecular flexibility index (Phi) is 4.07. The van der Waals surface area contributed by atoms with Crippen molar-refractivity contribution >= 4 is 86.2 Å². The van der Waals surface area contributed by atoms with Gasteiger partial charge in [0.1, 0.15) is 0 Å². The van der Waals surface area contributed by atoms with Crippen molar-refractivity contribution in [3.63, 3.8) is 0 Å². The second-order valence-electron chi connectivity index (χ2n) is 12.3. The third-order valence-corrected chi connectivity index (χ3v) is 10.1. The zero-order valence-electron chi connectivity index (χ0n) is 23.9. The topological polar surface area (TPSA) is 78.1 Å². The van der Waals surface area contributed by atoms with Gasteiger partial charge in [-0.2, -0.15) is 0 Å². The molecule has 11 rings (SSSR count). The fraction of sp³-hybridized carbons (Fsp3) is 0. The first-order valence-electron chi connectivity index (χ1n) is 15.1. The van der Waals surface area contributed by atoms with E-state index in [0.29, 0.717) is 43.7 Å². The predicted octanol–water partition coefficient (Wildman–Crippen LogP) is 7.12. The Balaban J connectivity index is 1.45. The number of para-hydroxylation sites is 2. The van der Waals surface area contributed by atoms with E-state index in [9.17, 15) is 19.2 Å². The average molecular weight is 591 g/mol. The Morgan fingerprint density at radius 1 is 0.304 bits per heavy atom. The summed E-state index contributed by atoms with van der Waals surface area (Å²) in [6, 6.07) is 33.6. The van der Waals surface area contributed by atoms with Crippen LogP contribution in [0, 0.1) is 0 Å². The smallest absolute Gasteiger partial charge is 0.266 e. The van der Waals surface area contributed by atoms with Crippen molar-refractivity contribution < 1.29 is 0 Å². The maximum absolute atomic E-state index is 14.2. The molecule has 0 amide bonds. The largest absolute Gasteiger partial charge is 0.268 e. The van der Waals surface area contributed by atoms with E-state index in [0.717, 1.165) is 53.9 Å². The summed E-state index contributed by atoms with van der Waals surface area (Å²) in [5.41, 5.74) is -0.372. The Hall–Kier alpha value is -6.40. The lowest BCUT2D eigenvalue weighted by Gasteiger charge is -2.23. The monoisotopic (exact) mass is 590 g/mol. The van der Waals surface area contributed by atoms with E-state index in [1.165, 1.54) is 9.13 Å². The summed E-state index contributed by atoms with van der Waals surface area (Å²) in [5.74, 6) is 0. The SMILES string of the molecule is O=c1c2cc3ccc4cc5c(=O)n(-c6ccccc6)c(=O)c6cc7ccc8cc(c(=O)n1-c1ccccc1)c2c1c3c4c(c56)c7c81. The van der Waals surface area contributed by atoms with Crippen LogP contribution in [0.3, 0.4) is 0 Å². The van der Waals surface area contributed by atoms with Gasteiger partial charge in [0, 0.05) is 43.1 Å². The van der Waals surface area contributed by atoms with Crippen LogP contribution in [0.1, 0.15) is 0 Å². The molecule has 46 heavy (non-hydrogen) atoms. The van der Waals surface area contributed by atoms with E-state index in [1.807, 2.05) is 84.9 Å². The minimum absolute atomic E-state index is 0.356. The highest BCUT2D eigenvalue weighted by atomic mass is 16.2. The van der Waals surface area contributed by atoms with Crippen LogP contribution >= 0.6 is 0 Å². The lowest BCUT2D eigenvalue weighted by molar-refractivity contribution is 0.970. The minimum Gasteiger partial charge on any atom is -0.268 e. The van der Waals surface area contributed by atoms with Crippen LogP contribution in [-0.2, 0) is 0 Å². The fourth-order valence-electron chi connectivity index (χ4n) is 8.28. The van der Waals surface area contributed by atoms with E-state index < -0.39 is 0 Å². The molecule has 6 heteroatoms. The maximum atomic E-state index is 14.2. The molecular formula is C40H18N2O4. The fourth-order valence-corrected chi connectivity index (χ4v) is 8.28. The molecule has 6 nitrogen and oxygen atoms in total. The summed E-state index contributed by atoms with van der Waals surface area (Å²) in [6.07, 6.45) is 0. The normalized spacial score (nSPS) is 12.7. The van der Waals surface area contributed by atoms with Crippen LogP contribution in [0.2, 0.25) is 0 Å². The van der Waals surface area contributed by atoms with E-state index in [4.69, 9.17) is 0 Å². The number of benzene rings is 9. The third-order valence-electron chi connectivity index (χ3n) is 10.1. The van der Waals surface area contributed by atoms with E-state index >= 15 is 0 Å². The summed E-state index contributed by atoms with van der Waals surface area (Å²) in [7, 11) is 0. The molecule has 11 aromatic rings. The van der Waals surface area contributed by atoms with Crippen molar-refractivity contribution in [2.24, 2.45) is 0 Å². The highest BCUT2D eigenvalue weighted by molar-refractivity contribution is 6.49. The first kappa shape index (κ1) is 24.0. The Bertz CT molecular complexity index is 2910. The molecule has 0 N–H and O–H groups in total. The first-order chi connectivity index (χ1) is 22.5. The van der Waals surface area contributed by atoms with Gasteiger partial charge in [-0.15, -0.1) is 0 Å². The molecule has 0 spiro atoms. The third kappa shape index (κ3) is 2.58. The minimum atomic E-state index is -0.356. The zero-order chi connectivity index (χ0) is 30.6. The molecule has 2 aromatic heterocycles. The van der Waals surface area contributed by atoms with Crippen LogP contribution in [0.4, 0.5) is 0 Å². The second-order valence-corrected chi connectivity index (χ2v) is 12.3. The van der Waals surface area contributed by atoms with Crippen LogP contribution < -0.4 is 22.2 Å². The maximum Gasteiger partial charge on any atom is 0.266 e. The van der Waals surface area contributed by atoms with Crippen LogP contribution in [0.5, 0.6) is 0 Å². The van der Waals surface area contributed by atoms with Crippen molar-refractivity contribution in [2.75, 3.05) is 0 Å². The van der Waals surface area contributed by atoms with E-state index in [2.05, 4.69) is 0 Å². The van der Waals surface area contributed by atoms with Crippen LogP contribution in [-0.4, -0.2) is 9.13 Å². The van der Waals surface area contributed by atoms with Gasteiger partial charge in [0.15, 0.2) is 0 Å². The Morgan fingerprint density at radius 3 is 0.870 bits per heavy atom. The highest BCUT2D eigenvalue weighted by Gasteiger charge is 2.28. The van der Waals surface area contributed by atoms with Crippen molar-refractivity contribution in [1.29, 1.82) is 0 Å². The van der Waals surface area contributed by atoms with Crippen LogP contribution in [0.25, 0.3) is 97.6 Å². The molecule has 0 saturated heterocycles. The quantitative estimate of drug-likeness (QED) is 0.159. The van der Waals surface area contributed by atoms with Crippen molar-refractivity contribution in [3.8, 4) is 11.4 Å².